The number of nitrogens with zero attached hydrogens (tertiary/aromatic N) is 1. The van der Waals surface area contributed by atoms with Crippen molar-refractivity contribution in [3.8, 4) is 0 Å². The molecule has 0 fully saturated rings. The van der Waals surface area contributed by atoms with Crippen molar-refractivity contribution in [3.05, 3.63) is 71.3 Å². The Morgan fingerprint density at radius 2 is 1.78 bits per heavy atom. The van der Waals surface area contributed by atoms with E-state index in [9.17, 15) is 4.79 Å². The summed E-state index contributed by atoms with van der Waals surface area (Å²) in [6, 6.07) is 18.5. The van der Waals surface area contributed by atoms with Gasteiger partial charge >= 0.3 is 0 Å². The molecule has 1 amide bonds. The maximum absolute atomic E-state index is 11.7. The molecule has 0 radical (unpaired) electrons. The van der Waals surface area contributed by atoms with Gasteiger partial charge in [-0.05, 0) is 49.4 Å². The molecule has 5 nitrogen and oxygen atoms in total. The first kappa shape index (κ1) is 20.5. The number of nitrogens with one attached hydrogen (secondary N) is 3. The van der Waals surface area contributed by atoms with Gasteiger partial charge in [0.1, 0.15) is 0 Å². The van der Waals surface area contributed by atoms with Gasteiger partial charge in [0, 0.05) is 32.2 Å². The molecule has 2 aromatic carbocycles. The molecule has 0 bridgehead atoms. The summed E-state index contributed by atoms with van der Waals surface area (Å²) in [5, 5.41) is 9.44. The number of amides is 1. The predicted octanol–water partition coefficient (Wildman–Crippen LogP) is 2.78. The summed E-state index contributed by atoms with van der Waals surface area (Å²) in [7, 11) is 3.43. The van der Waals surface area contributed by atoms with Crippen molar-refractivity contribution in [3.63, 3.8) is 0 Å². The van der Waals surface area contributed by atoms with Gasteiger partial charge in [-0.15, -0.1) is 0 Å². The van der Waals surface area contributed by atoms with Crippen LogP contribution in [0, 0.1) is 0 Å². The maximum Gasteiger partial charge on any atom is 0.251 e. The van der Waals surface area contributed by atoms with Crippen molar-refractivity contribution in [2.45, 2.75) is 32.2 Å². The van der Waals surface area contributed by atoms with Crippen LogP contribution in [0.4, 0.5) is 0 Å². The van der Waals surface area contributed by atoms with E-state index in [4.69, 9.17) is 0 Å². The van der Waals surface area contributed by atoms with Crippen LogP contribution < -0.4 is 16.0 Å². The molecule has 0 heterocycles. The zero-order valence-electron chi connectivity index (χ0n) is 16.5. The standard InChI is InChI=1S/C22H30N4O/c1-17(12-13-18-8-5-4-6-9-18)26-22(24-3)25-15-14-19-10-7-11-20(16-19)21(27)23-2/h4-11,16-17H,12-15H2,1-3H3,(H,23,27)(H2,24,25,26). The molecule has 2 aromatic rings. The van der Waals surface area contributed by atoms with Gasteiger partial charge in [0.15, 0.2) is 5.96 Å². The van der Waals surface area contributed by atoms with Crippen molar-refractivity contribution in [2.24, 2.45) is 4.99 Å². The van der Waals surface area contributed by atoms with Crippen LogP contribution in [0.1, 0.15) is 34.8 Å². The summed E-state index contributed by atoms with van der Waals surface area (Å²) < 4.78 is 0. The number of hydrogen-bond acceptors (Lipinski definition) is 2. The average molecular weight is 367 g/mol. The minimum atomic E-state index is -0.0606. The van der Waals surface area contributed by atoms with Crippen LogP contribution >= 0.6 is 0 Å². The number of benzene rings is 2. The molecule has 0 aliphatic heterocycles. The van der Waals surface area contributed by atoms with Crippen LogP contribution in [0.25, 0.3) is 0 Å². The molecule has 1 atom stereocenters. The lowest BCUT2D eigenvalue weighted by atomic mass is 10.1. The van der Waals surface area contributed by atoms with Gasteiger partial charge in [-0.3, -0.25) is 9.79 Å². The molecule has 144 valence electrons. The predicted molar refractivity (Wildman–Crippen MR) is 112 cm³/mol. The smallest absolute Gasteiger partial charge is 0.251 e. The van der Waals surface area contributed by atoms with E-state index >= 15 is 0 Å². The van der Waals surface area contributed by atoms with Crippen LogP contribution in [0.15, 0.2) is 59.6 Å². The fourth-order valence-corrected chi connectivity index (χ4v) is 2.87. The van der Waals surface area contributed by atoms with Gasteiger partial charge in [-0.2, -0.15) is 0 Å². The summed E-state index contributed by atoms with van der Waals surface area (Å²) in [6.45, 7) is 2.92. The lowest BCUT2D eigenvalue weighted by Gasteiger charge is -2.18. The Labute approximate surface area is 162 Å². The third-order valence-electron chi connectivity index (χ3n) is 4.44. The Morgan fingerprint density at radius 3 is 2.48 bits per heavy atom. The number of carbonyl (C=O) groups is 1. The third-order valence-corrected chi connectivity index (χ3v) is 4.44. The number of guanidine groups is 1. The van der Waals surface area contributed by atoms with Gasteiger partial charge < -0.3 is 16.0 Å². The Bertz CT molecular complexity index is 743. The largest absolute Gasteiger partial charge is 0.356 e. The molecule has 0 aromatic heterocycles. The van der Waals surface area contributed by atoms with Gasteiger partial charge in [0.05, 0.1) is 0 Å². The van der Waals surface area contributed by atoms with Crippen LogP contribution in [-0.4, -0.2) is 38.5 Å². The molecule has 0 spiro atoms. The van der Waals surface area contributed by atoms with Gasteiger partial charge in [0.2, 0.25) is 0 Å². The first-order valence-corrected chi connectivity index (χ1v) is 9.44. The Balaban J connectivity index is 1.76. The van der Waals surface area contributed by atoms with Gasteiger partial charge in [0.25, 0.3) is 5.91 Å². The lowest BCUT2D eigenvalue weighted by molar-refractivity contribution is 0.0963. The Kier molecular flexibility index (Phi) is 8.36. The van der Waals surface area contributed by atoms with E-state index in [1.165, 1.54) is 5.56 Å². The molecule has 27 heavy (non-hydrogen) atoms. The molecule has 2 rings (SSSR count). The number of aryl methyl sites for hydroxylation is 1. The normalized spacial score (nSPS) is 12.3. The van der Waals surface area contributed by atoms with E-state index in [1.807, 2.05) is 30.3 Å². The average Bonchev–Trinajstić information content (AvgIpc) is 2.72. The second kappa shape index (κ2) is 11.0. The minimum Gasteiger partial charge on any atom is -0.356 e. The fourth-order valence-electron chi connectivity index (χ4n) is 2.87. The highest BCUT2D eigenvalue weighted by molar-refractivity contribution is 5.94. The second-order valence-electron chi connectivity index (χ2n) is 6.60. The number of rotatable bonds is 8. The second-order valence-corrected chi connectivity index (χ2v) is 6.60. The first-order chi connectivity index (χ1) is 13.1. The van der Waals surface area contributed by atoms with Crippen molar-refractivity contribution < 1.29 is 4.79 Å². The monoisotopic (exact) mass is 366 g/mol. The van der Waals surface area contributed by atoms with E-state index in [0.29, 0.717) is 11.6 Å². The van der Waals surface area contributed by atoms with Crippen LogP contribution in [0.2, 0.25) is 0 Å². The summed E-state index contributed by atoms with van der Waals surface area (Å²) in [4.78, 5) is 16.0. The third kappa shape index (κ3) is 7.13. The Hall–Kier alpha value is -2.82. The van der Waals surface area contributed by atoms with E-state index in [-0.39, 0.29) is 5.91 Å². The molecule has 0 saturated carbocycles. The van der Waals surface area contributed by atoms with Crippen molar-refractivity contribution >= 4 is 11.9 Å². The summed E-state index contributed by atoms with van der Waals surface area (Å²) >= 11 is 0. The quantitative estimate of drug-likeness (QED) is 0.497. The van der Waals surface area contributed by atoms with Crippen LogP contribution in [0.5, 0.6) is 0 Å². The van der Waals surface area contributed by atoms with E-state index in [0.717, 1.165) is 37.3 Å². The molecule has 5 heteroatoms. The molecule has 3 N–H and O–H groups in total. The SMILES string of the molecule is CN=C(NCCc1cccc(C(=O)NC)c1)NC(C)CCc1ccccc1. The fraction of sp³-hybridized carbons (Fsp3) is 0.364. The van der Waals surface area contributed by atoms with E-state index < -0.39 is 0 Å². The molecule has 0 saturated heterocycles. The highest BCUT2D eigenvalue weighted by atomic mass is 16.1. The van der Waals surface area contributed by atoms with Crippen molar-refractivity contribution in [1.29, 1.82) is 0 Å². The highest BCUT2D eigenvalue weighted by Gasteiger charge is 2.07. The number of aliphatic imine (C=N–C) groups is 1. The molecular formula is C22H30N4O. The molecule has 0 aliphatic carbocycles. The van der Waals surface area contributed by atoms with E-state index in [1.54, 1.807) is 14.1 Å². The van der Waals surface area contributed by atoms with Crippen LogP contribution in [0.3, 0.4) is 0 Å². The molecule has 0 aliphatic rings. The summed E-state index contributed by atoms with van der Waals surface area (Å²) in [5.41, 5.74) is 3.16. The zero-order valence-corrected chi connectivity index (χ0v) is 16.5. The zero-order chi connectivity index (χ0) is 19.5. The number of hydrogen-bond donors (Lipinski definition) is 3. The van der Waals surface area contributed by atoms with Gasteiger partial charge in [-0.25, -0.2) is 0 Å². The van der Waals surface area contributed by atoms with E-state index in [2.05, 4.69) is 52.1 Å². The van der Waals surface area contributed by atoms with Gasteiger partial charge in [-0.1, -0.05) is 42.5 Å². The van der Waals surface area contributed by atoms with Crippen LogP contribution in [-0.2, 0) is 12.8 Å². The molecular weight excluding hydrogens is 336 g/mol. The Morgan fingerprint density at radius 1 is 1.04 bits per heavy atom. The summed E-state index contributed by atoms with van der Waals surface area (Å²) in [6.07, 6.45) is 2.90. The summed E-state index contributed by atoms with van der Waals surface area (Å²) in [5.74, 6) is 0.743. The van der Waals surface area contributed by atoms with Crippen molar-refractivity contribution in [2.75, 3.05) is 20.6 Å². The number of carbonyl (C=O) groups excluding carboxylic acids is 1. The maximum atomic E-state index is 11.7. The first-order valence-electron chi connectivity index (χ1n) is 9.44. The highest BCUT2D eigenvalue weighted by Crippen LogP contribution is 2.06. The topological polar surface area (TPSA) is 65.5 Å². The lowest BCUT2D eigenvalue weighted by Crippen LogP contribution is -2.43. The molecule has 1 unspecified atom stereocenters. The minimum absolute atomic E-state index is 0.0606. The van der Waals surface area contributed by atoms with Crippen molar-refractivity contribution in [1.82, 2.24) is 16.0 Å².